The number of benzene rings is 2. The molecule has 0 aliphatic heterocycles. The molecule has 206 valence electrons. The van der Waals surface area contributed by atoms with Crippen molar-refractivity contribution in [3.8, 4) is 0 Å². The van der Waals surface area contributed by atoms with Crippen LogP contribution in [0.4, 0.5) is 4.39 Å². The zero-order chi connectivity index (χ0) is 27.5. The number of hydrogen-bond acceptors (Lipinski definition) is 5. The predicted molar refractivity (Wildman–Crippen MR) is 143 cm³/mol. The molecule has 1 aliphatic rings. The minimum absolute atomic E-state index is 0.0858. The maximum atomic E-state index is 14.2. The Morgan fingerprint density at radius 2 is 1.79 bits per heavy atom. The van der Waals surface area contributed by atoms with Crippen LogP contribution in [-0.2, 0) is 33.9 Å². The van der Waals surface area contributed by atoms with Crippen LogP contribution in [0.15, 0.2) is 48.5 Å². The third-order valence-corrected chi connectivity index (χ3v) is 7.29. The van der Waals surface area contributed by atoms with Crippen LogP contribution in [0, 0.1) is 11.7 Å². The standard InChI is InChI=1S/C29H39FN4O4/c1-34(29(38)25(32-19-27(35)36)15-20-8-4-2-5-9-20)26(16-21-10-6-3-7-11-21)28(37)33-18-22-12-13-23(17-31)24(30)14-22/h3,6-7,10-14,20,25-26,32H,2,4-5,8-9,15-19,31H2,1H3,(H,33,37)(H,35,36)/t25-,26+/m1/s1. The second-order valence-electron chi connectivity index (χ2n) is 10.1. The first kappa shape index (κ1) is 29.3. The number of aliphatic carboxylic acids is 1. The number of carbonyl (C=O) groups excluding carboxylic acids is 2. The maximum Gasteiger partial charge on any atom is 0.317 e. The summed E-state index contributed by atoms with van der Waals surface area (Å²) < 4.78 is 14.2. The Bertz CT molecular complexity index is 1080. The van der Waals surface area contributed by atoms with Crippen molar-refractivity contribution in [2.24, 2.45) is 11.7 Å². The van der Waals surface area contributed by atoms with Gasteiger partial charge in [0.1, 0.15) is 11.9 Å². The lowest BCUT2D eigenvalue weighted by Crippen LogP contribution is -2.55. The molecule has 0 saturated heterocycles. The molecule has 0 heterocycles. The van der Waals surface area contributed by atoms with Crippen LogP contribution < -0.4 is 16.4 Å². The molecule has 2 aromatic carbocycles. The number of nitrogens with one attached hydrogen (secondary N) is 2. The van der Waals surface area contributed by atoms with Crippen LogP contribution in [0.2, 0.25) is 0 Å². The molecule has 9 heteroatoms. The first-order valence-corrected chi connectivity index (χ1v) is 13.3. The van der Waals surface area contributed by atoms with E-state index in [-0.39, 0.29) is 37.9 Å². The number of likely N-dealkylation sites (N-methyl/N-ethyl adjacent to an activating group) is 1. The van der Waals surface area contributed by atoms with E-state index in [1.807, 2.05) is 30.3 Å². The first-order chi connectivity index (χ1) is 18.3. The number of carboxylic acid groups (broad SMARTS) is 1. The molecule has 0 aromatic heterocycles. The van der Waals surface area contributed by atoms with Gasteiger partial charge in [0.05, 0.1) is 12.6 Å². The fourth-order valence-electron chi connectivity index (χ4n) is 5.05. The molecular weight excluding hydrogens is 487 g/mol. The number of carboxylic acids is 1. The van der Waals surface area contributed by atoms with Crippen LogP contribution in [0.25, 0.3) is 0 Å². The van der Waals surface area contributed by atoms with Gasteiger partial charge in [0.25, 0.3) is 0 Å². The van der Waals surface area contributed by atoms with Gasteiger partial charge in [0.2, 0.25) is 11.8 Å². The molecular formula is C29H39FN4O4. The Labute approximate surface area is 223 Å². The van der Waals surface area contributed by atoms with E-state index in [9.17, 15) is 23.9 Å². The molecule has 1 fully saturated rings. The van der Waals surface area contributed by atoms with E-state index in [1.165, 1.54) is 17.4 Å². The quantitative estimate of drug-likeness (QED) is 0.318. The average Bonchev–Trinajstić information content (AvgIpc) is 2.93. The minimum Gasteiger partial charge on any atom is -0.480 e. The summed E-state index contributed by atoms with van der Waals surface area (Å²) in [5.74, 6) is -1.82. The van der Waals surface area contributed by atoms with Crippen LogP contribution in [0.1, 0.15) is 55.2 Å². The van der Waals surface area contributed by atoms with Gasteiger partial charge in [-0.25, -0.2) is 4.39 Å². The summed E-state index contributed by atoms with van der Waals surface area (Å²) in [7, 11) is 1.58. The highest BCUT2D eigenvalue weighted by Crippen LogP contribution is 2.28. The molecule has 3 rings (SSSR count). The van der Waals surface area contributed by atoms with E-state index in [1.54, 1.807) is 19.2 Å². The van der Waals surface area contributed by atoms with Crippen LogP contribution in [0.5, 0.6) is 0 Å². The lowest BCUT2D eigenvalue weighted by molar-refractivity contribution is -0.142. The third-order valence-electron chi connectivity index (χ3n) is 7.29. The molecule has 1 saturated carbocycles. The highest BCUT2D eigenvalue weighted by Gasteiger charge is 2.33. The molecule has 1 aliphatic carbocycles. The van der Waals surface area contributed by atoms with Crippen molar-refractivity contribution in [1.29, 1.82) is 0 Å². The smallest absolute Gasteiger partial charge is 0.317 e. The van der Waals surface area contributed by atoms with E-state index in [0.29, 0.717) is 23.5 Å². The zero-order valence-electron chi connectivity index (χ0n) is 22.0. The van der Waals surface area contributed by atoms with E-state index < -0.39 is 23.9 Å². The summed E-state index contributed by atoms with van der Waals surface area (Å²) in [6.07, 6.45) is 6.22. The van der Waals surface area contributed by atoms with Gasteiger partial charge in [-0.3, -0.25) is 19.7 Å². The normalized spacial score (nSPS) is 15.4. The summed E-state index contributed by atoms with van der Waals surface area (Å²) in [5, 5.41) is 15.0. The van der Waals surface area contributed by atoms with Gasteiger partial charge in [0.15, 0.2) is 0 Å². The number of carbonyl (C=O) groups is 3. The molecule has 2 aromatic rings. The second-order valence-corrected chi connectivity index (χ2v) is 10.1. The van der Waals surface area contributed by atoms with E-state index in [0.717, 1.165) is 31.2 Å². The van der Waals surface area contributed by atoms with Crippen molar-refractivity contribution in [2.45, 2.75) is 70.1 Å². The Morgan fingerprint density at radius 1 is 1.08 bits per heavy atom. The van der Waals surface area contributed by atoms with Crippen molar-refractivity contribution in [1.82, 2.24) is 15.5 Å². The van der Waals surface area contributed by atoms with E-state index >= 15 is 0 Å². The van der Waals surface area contributed by atoms with Crippen molar-refractivity contribution in [3.05, 3.63) is 71.0 Å². The SMILES string of the molecule is CN(C(=O)[C@@H](CC1CCCCC1)NCC(=O)O)[C@@H](Cc1ccccc1)C(=O)NCc1ccc(CN)c(F)c1. The van der Waals surface area contributed by atoms with Gasteiger partial charge in [-0.1, -0.05) is 74.6 Å². The van der Waals surface area contributed by atoms with Crippen molar-refractivity contribution < 1.29 is 23.9 Å². The molecule has 5 N–H and O–H groups in total. The van der Waals surface area contributed by atoms with Crippen molar-refractivity contribution in [2.75, 3.05) is 13.6 Å². The summed E-state index contributed by atoms with van der Waals surface area (Å²) in [5.41, 5.74) is 7.39. The lowest BCUT2D eigenvalue weighted by Gasteiger charge is -2.33. The maximum absolute atomic E-state index is 14.2. The number of nitrogens with zero attached hydrogens (tertiary/aromatic N) is 1. The van der Waals surface area contributed by atoms with Crippen LogP contribution in [-0.4, -0.2) is 53.5 Å². The fraction of sp³-hybridized carbons (Fsp3) is 0.483. The molecule has 38 heavy (non-hydrogen) atoms. The largest absolute Gasteiger partial charge is 0.480 e. The number of halogens is 1. The Balaban J connectivity index is 1.77. The molecule has 8 nitrogen and oxygen atoms in total. The van der Waals surface area contributed by atoms with E-state index in [2.05, 4.69) is 10.6 Å². The van der Waals surface area contributed by atoms with Crippen molar-refractivity contribution >= 4 is 17.8 Å². The summed E-state index contributed by atoms with van der Waals surface area (Å²) in [6.45, 7) is -0.157. The monoisotopic (exact) mass is 526 g/mol. The summed E-state index contributed by atoms with van der Waals surface area (Å²) in [4.78, 5) is 39.8. The van der Waals surface area contributed by atoms with Gasteiger partial charge in [-0.15, -0.1) is 0 Å². The molecule has 2 atom stereocenters. The highest BCUT2D eigenvalue weighted by atomic mass is 19.1. The number of rotatable bonds is 13. The van der Waals surface area contributed by atoms with Gasteiger partial charge in [-0.05, 0) is 29.5 Å². The number of hydrogen-bond donors (Lipinski definition) is 4. The molecule has 0 radical (unpaired) electrons. The summed E-state index contributed by atoms with van der Waals surface area (Å²) in [6, 6.07) is 12.5. The molecule has 2 amide bonds. The van der Waals surface area contributed by atoms with E-state index in [4.69, 9.17) is 5.73 Å². The topological polar surface area (TPSA) is 125 Å². The van der Waals surface area contributed by atoms with Crippen LogP contribution >= 0.6 is 0 Å². The summed E-state index contributed by atoms with van der Waals surface area (Å²) >= 11 is 0. The average molecular weight is 527 g/mol. The van der Waals surface area contributed by atoms with Crippen LogP contribution in [0.3, 0.4) is 0 Å². The molecule has 0 unspecified atom stereocenters. The number of nitrogens with two attached hydrogens (primary N) is 1. The van der Waals surface area contributed by atoms with Gasteiger partial charge >= 0.3 is 5.97 Å². The van der Waals surface area contributed by atoms with Crippen molar-refractivity contribution in [3.63, 3.8) is 0 Å². The zero-order valence-corrected chi connectivity index (χ0v) is 22.0. The Hall–Kier alpha value is -3.30. The third kappa shape index (κ3) is 8.63. The fourth-order valence-corrected chi connectivity index (χ4v) is 5.05. The van der Waals surface area contributed by atoms with Gasteiger partial charge in [-0.2, -0.15) is 0 Å². The lowest BCUT2D eigenvalue weighted by atomic mass is 9.84. The Kier molecular flexibility index (Phi) is 11.2. The minimum atomic E-state index is -1.04. The first-order valence-electron chi connectivity index (χ1n) is 13.3. The Morgan fingerprint density at radius 3 is 2.42 bits per heavy atom. The molecule has 0 spiro atoms. The molecule has 0 bridgehead atoms. The van der Waals surface area contributed by atoms with Gasteiger partial charge < -0.3 is 21.1 Å². The highest BCUT2D eigenvalue weighted by molar-refractivity contribution is 5.90. The number of amides is 2. The van der Waals surface area contributed by atoms with Gasteiger partial charge in [0, 0.05) is 32.1 Å². The predicted octanol–water partition coefficient (Wildman–Crippen LogP) is 2.98. The second kappa shape index (κ2) is 14.6.